The number of carbonyl (C=O) groups excluding carboxylic acids is 2. The predicted octanol–water partition coefficient (Wildman–Crippen LogP) is 4.14. The molecule has 0 aromatic heterocycles. The number of carboxylic acid groups (broad SMARTS) is 1. The largest absolute Gasteiger partial charge is 0.480 e. The topological polar surface area (TPSA) is 96.4 Å². The van der Waals surface area contributed by atoms with Gasteiger partial charge in [0.05, 0.1) is 25.3 Å². The van der Waals surface area contributed by atoms with Gasteiger partial charge in [-0.2, -0.15) is 0 Å². The monoisotopic (exact) mass is 512 g/mol. The molecular weight excluding hydrogens is 484 g/mol. The molecule has 5 rings (SSSR count). The van der Waals surface area contributed by atoms with E-state index in [1.54, 1.807) is 6.08 Å². The molecule has 0 spiro atoms. The van der Waals surface area contributed by atoms with E-state index >= 15 is 0 Å². The fourth-order valence-electron chi connectivity index (χ4n) is 4.94. The summed E-state index contributed by atoms with van der Waals surface area (Å²) in [5.41, 5.74) is 2.63. The summed E-state index contributed by atoms with van der Waals surface area (Å²) in [6, 6.07) is 25.0. The summed E-state index contributed by atoms with van der Waals surface area (Å²) in [5, 5.41) is 10.1. The minimum Gasteiger partial charge on any atom is -0.480 e. The molecule has 0 saturated carbocycles. The molecule has 2 saturated heterocycles. The van der Waals surface area contributed by atoms with Crippen molar-refractivity contribution in [2.75, 3.05) is 13.2 Å². The van der Waals surface area contributed by atoms with Crippen LogP contribution in [-0.4, -0.2) is 64.2 Å². The molecule has 194 valence electrons. The first kappa shape index (κ1) is 25.2. The summed E-state index contributed by atoms with van der Waals surface area (Å²) in [6.07, 6.45) is 3.02. The zero-order chi connectivity index (χ0) is 26.5. The van der Waals surface area contributed by atoms with E-state index in [9.17, 15) is 19.5 Å². The second-order valence-electron chi connectivity index (χ2n) is 9.22. The van der Waals surface area contributed by atoms with E-state index in [1.807, 2.05) is 97.1 Å². The highest BCUT2D eigenvalue weighted by Gasteiger charge is 2.58. The maximum Gasteiger partial charge on any atom is 0.411 e. The minimum absolute atomic E-state index is 0.115. The van der Waals surface area contributed by atoms with Gasteiger partial charge in [0, 0.05) is 0 Å². The fourth-order valence-corrected chi connectivity index (χ4v) is 4.94. The van der Waals surface area contributed by atoms with Crippen molar-refractivity contribution in [2.45, 2.75) is 30.8 Å². The van der Waals surface area contributed by atoms with E-state index in [1.165, 1.54) is 9.80 Å². The van der Waals surface area contributed by atoms with Gasteiger partial charge in [0.1, 0.15) is 12.6 Å². The summed E-state index contributed by atoms with van der Waals surface area (Å²) in [6.45, 7) is 0.143. The first-order valence-electron chi connectivity index (χ1n) is 12.4. The van der Waals surface area contributed by atoms with Gasteiger partial charge >= 0.3 is 12.1 Å². The first-order valence-corrected chi connectivity index (χ1v) is 12.4. The Hall–Kier alpha value is -4.43. The molecule has 2 heterocycles. The molecule has 1 N–H and O–H groups in total. The van der Waals surface area contributed by atoms with Crippen LogP contribution in [-0.2, 0) is 25.7 Å². The number of likely N-dealkylation sites (tertiary alicyclic amines) is 1. The van der Waals surface area contributed by atoms with Gasteiger partial charge < -0.3 is 19.5 Å². The van der Waals surface area contributed by atoms with Gasteiger partial charge in [0.15, 0.2) is 6.04 Å². The van der Waals surface area contributed by atoms with Crippen LogP contribution < -0.4 is 0 Å². The van der Waals surface area contributed by atoms with Crippen molar-refractivity contribution >= 4 is 24.0 Å². The summed E-state index contributed by atoms with van der Waals surface area (Å²) in [7, 11) is 0. The molecule has 8 nitrogen and oxygen atoms in total. The van der Waals surface area contributed by atoms with Gasteiger partial charge in [0.2, 0.25) is 5.91 Å². The van der Waals surface area contributed by atoms with E-state index < -0.39 is 42.1 Å². The number of β-lactam (4-membered cyclic amide) rings is 1. The molecule has 2 aliphatic heterocycles. The van der Waals surface area contributed by atoms with E-state index in [4.69, 9.17) is 9.47 Å². The molecule has 3 aromatic rings. The number of carboxylic acids is 1. The van der Waals surface area contributed by atoms with Crippen LogP contribution in [0.15, 0.2) is 97.1 Å². The first-order chi connectivity index (χ1) is 18.5. The lowest BCUT2D eigenvalue weighted by Crippen LogP contribution is -2.74. The molecule has 38 heavy (non-hydrogen) atoms. The fraction of sp³-hybridized carbons (Fsp3) is 0.233. The molecule has 2 fully saturated rings. The highest BCUT2D eigenvalue weighted by molar-refractivity contribution is 5.97. The van der Waals surface area contributed by atoms with Gasteiger partial charge in [-0.3, -0.25) is 9.69 Å². The van der Waals surface area contributed by atoms with E-state index in [0.29, 0.717) is 0 Å². The number of amides is 2. The maximum absolute atomic E-state index is 13.6. The molecule has 4 atom stereocenters. The number of carbonyl (C=O) groups is 3. The lowest BCUT2D eigenvalue weighted by atomic mass is 9.88. The Morgan fingerprint density at radius 2 is 1.61 bits per heavy atom. The number of cyclic esters (lactones) is 1. The van der Waals surface area contributed by atoms with Gasteiger partial charge in [-0.15, -0.1) is 0 Å². The second kappa shape index (κ2) is 11.3. The summed E-state index contributed by atoms with van der Waals surface area (Å²) in [4.78, 5) is 41.5. The Kier molecular flexibility index (Phi) is 7.51. The molecule has 2 unspecified atom stereocenters. The average molecular weight is 513 g/mol. The molecule has 2 amide bonds. The molecular formula is C30H28N2O6. The van der Waals surface area contributed by atoms with Crippen molar-refractivity contribution in [1.82, 2.24) is 9.80 Å². The van der Waals surface area contributed by atoms with E-state index in [0.717, 1.165) is 16.7 Å². The van der Waals surface area contributed by atoms with Crippen molar-refractivity contribution in [3.8, 4) is 0 Å². The molecule has 0 aliphatic carbocycles. The Morgan fingerprint density at radius 3 is 2.26 bits per heavy atom. The molecule has 2 aliphatic rings. The van der Waals surface area contributed by atoms with Crippen LogP contribution >= 0.6 is 0 Å². The number of benzene rings is 3. The normalized spacial score (nSPS) is 21.8. The highest BCUT2D eigenvalue weighted by Crippen LogP contribution is 2.38. The van der Waals surface area contributed by atoms with Gasteiger partial charge in [-0.05, 0) is 16.7 Å². The number of nitrogens with zero attached hydrogens (tertiary/aromatic N) is 2. The summed E-state index contributed by atoms with van der Waals surface area (Å²) in [5.74, 6) is -1.63. The van der Waals surface area contributed by atoms with Crippen LogP contribution in [0.3, 0.4) is 0 Å². The van der Waals surface area contributed by atoms with Crippen LogP contribution in [0.25, 0.3) is 6.08 Å². The quantitative estimate of drug-likeness (QED) is 0.410. The third-order valence-corrected chi connectivity index (χ3v) is 6.84. The number of ether oxygens (including phenoxy) is 2. The number of hydrogen-bond donors (Lipinski definition) is 1. The summed E-state index contributed by atoms with van der Waals surface area (Å²) < 4.78 is 11.1. The number of rotatable bonds is 10. The average Bonchev–Trinajstić information content (AvgIpc) is 3.32. The second-order valence-corrected chi connectivity index (χ2v) is 9.22. The molecule has 0 radical (unpaired) electrons. The lowest BCUT2D eigenvalue weighted by Gasteiger charge is -2.51. The van der Waals surface area contributed by atoms with Crippen molar-refractivity contribution in [3.63, 3.8) is 0 Å². The van der Waals surface area contributed by atoms with Crippen LogP contribution in [0, 0.1) is 0 Å². The van der Waals surface area contributed by atoms with Crippen molar-refractivity contribution in [3.05, 3.63) is 114 Å². The minimum atomic E-state index is -1.22. The van der Waals surface area contributed by atoms with Crippen LogP contribution in [0.4, 0.5) is 4.79 Å². The smallest absolute Gasteiger partial charge is 0.411 e. The van der Waals surface area contributed by atoms with Crippen molar-refractivity contribution in [2.24, 2.45) is 0 Å². The number of aliphatic carboxylic acids is 1. The zero-order valence-electron chi connectivity index (χ0n) is 20.6. The Labute approximate surface area is 220 Å². The van der Waals surface area contributed by atoms with Gasteiger partial charge in [-0.1, -0.05) is 103 Å². The molecule has 0 bridgehead atoms. The van der Waals surface area contributed by atoms with Crippen molar-refractivity contribution in [1.29, 1.82) is 0 Å². The third kappa shape index (κ3) is 5.17. The number of hydrogen-bond acceptors (Lipinski definition) is 5. The Bertz CT molecular complexity index is 1300. The summed E-state index contributed by atoms with van der Waals surface area (Å²) >= 11 is 0. The van der Waals surface area contributed by atoms with Crippen LogP contribution in [0.2, 0.25) is 0 Å². The highest BCUT2D eigenvalue weighted by atomic mass is 16.6. The predicted molar refractivity (Wildman–Crippen MR) is 140 cm³/mol. The third-order valence-electron chi connectivity index (χ3n) is 6.84. The standard InChI is InChI=1S/C30H28N2O6/c33-28-27(32-25(20-38-30(32)36)23-14-8-3-9-15-23)24(17-16-21-10-4-1-5-11-21)31(28)26(29(34)35)19-37-18-22-12-6-2-7-13-22/h1-17,24-27H,18-20H2,(H,34,35)/t24?,25-,26-,27?/m1/s1. The molecule has 8 heteroatoms. The van der Waals surface area contributed by atoms with Crippen molar-refractivity contribution < 1.29 is 29.0 Å². The van der Waals surface area contributed by atoms with Crippen LogP contribution in [0.1, 0.15) is 22.7 Å². The maximum atomic E-state index is 13.6. The Balaban J connectivity index is 1.42. The lowest BCUT2D eigenvalue weighted by molar-refractivity contribution is -0.171. The molecule has 3 aromatic carbocycles. The Morgan fingerprint density at radius 1 is 0.974 bits per heavy atom. The van der Waals surface area contributed by atoms with Gasteiger partial charge in [-0.25, -0.2) is 9.59 Å². The zero-order valence-corrected chi connectivity index (χ0v) is 20.6. The van der Waals surface area contributed by atoms with E-state index in [2.05, 4.69) is 0 Å². The SMILES string of the molecule is O=C(O)[C@@H](COCc1ccccc1)N1C(=O)C(N2C(=O)OC[C@@H]2c2ccccc2)C1C=Cc1ccccc1. The van der Waals surface area contributed by atoms with Crippen LogP contribution in [0.5, 0.6) is 0 Å². The van der Waals surface area contributed by atoms with Gasteiger partial charge in [0.25, 0.3) is 0 Å². The van der Waals surface area contributed by atoms with E-state index in [-0.39, 0.29) is 19.8 Å².